The van der Waals surface area contributed by atoms with Gasteiger partial charge in [-0.3, -0.25) is 4.90 Å². The third-order valence-corrected chi connectivity index (χ3v) is 6.51. The van der Waals surface area contributed by atoms with Crippen LogP contribution in [0.5, 0.6) is 5.75 Å². The second-order valence-corrected chi connectivity index (χ2v) is 9.57. The molecule has 2 aliphatic heterocycles. The zero-order chi connectivity index (χ0) is 21.2. The van der Waals surface area contributed by atoms with Crippen LogP contribution in [0.2, 0.25) is 0 Å². The molecule has 29 heavy (non-hydrogen) atoms. The number of nitrogens with zero attached hydrogens (tertiary/aromatic N) is 2. The van der Waals surface area contributed by atoms with Gasteiger partial charge in [-0.2, -0.15) is 0 Å². The maximum Gasteiger partial charge on any atom is 0.190 e. The maximum absolute atomic E-state index is 13.6. The van der Waals surface area contributed by atoms with Gasteiger partial charge < -0.3 is 4.74 Å². The molecule has 0 aromatic heterocycles. The summed E-state index contributed by atoms with van der Waals surface area (Å²) in [6.07, 6.45) is 6.24. The normalized spacial score (nSPS) is 24.4. The van der Waals surface area contributed by atoms with Gasteiger partial charge in [0.25, 0.3) is 0 Å². The van der Waals surface area contributed by atoms with E-state index in [4.69, 9.17) is 0 Å². The highest BCUT2D eigenvalue weighted by Crippen LogP contribution is 2.45. The molecular formula is C22H31F3N2OS. The summed E-state index contributed by atoms with van der Waals surface area (Å²) in [5.41, 5.74) is 0.587. The van der Waals surface area contributed by atoms with Gasteiger partial charge in [-0.05, 0) is 68.0 Å². The second-order valence-electron chi connectivity index (χ2n) is 8.69. The summed E-state index contributed by atoms with van der Waals surface area (Å²) in [5.74, 6) is 0.233. The Labute approximate surface area is 176 Å². The Morgan fingerprint density at radius 2 is 1.79 bits per heavy atom. The van der Waals surface area contributed by atoms with E-state index in [1.165, 1.54) is 25.7 Å². The minimum absolute atomic E-state index is 0.319. The number of alkyl halides is 1. The minimum Gasteiger partial charge on any atom is -0.491 e. The van der Waals surface area contributed by atoms with Gasteiger partial charge in [0.2, 0.25) is 0 Å². The molecule has 2 fully saturated rings. The third kappa shape index (κ3) is 6.15. The molecule has 0 spiro atoms. The lowest BCUT2D eigenvalue weighted by Crippen LogP contribution is -2.35. The zero-order valence-corrected chi connectivity index (χ0v) is 18.5. The van der Waals surface area contributed by atoms with Gasteiger partial charge >= 0.3 is 0 Å². The van der Waals surface area contributed by atoms with Gasteiger partial charge in [0, 0.05) is 32.7 Å². The van der Waals surface area contributed by atoms with Crippen LogP contribution in [-0.2, 0) is 0 Å². The molecule has 4 rings (SSSR count). The molecule has 1 saturated carbocycles. The number of benzene rings is 1. The molecule has 2 heterocycles. The Hall–Kier alpha value is -1.18. The molecule has 7 heteroatoms. The van der Waals surface area contributed by atoms with Crippen LogP contribution >= 0.6 is 11.9 Å². The van der Waals surface area contributed by atoms with Gasteiger partial charge in [0.05, 0.1) is 7.11 Å². The summed E-state index contributed by atoms with van der Waals surface area (Å²) >= 11 is 1.68. The molecule has 2 unspecified atom stereocenters. The summed E-state index contributed by atoms with van der Waals surface area (Å²) in [4.78, 5) is 2.26. The lowest BCUT2D eigenvalue weighted by Gasteiger charge is -2.24. The van der Waals surface area contributed by atoms with Crippen molar-refractivity contribution in [2.75, 3.05) is 46.1 Å². The van der Waals surface area contributed by atoms with Crippen molar-refractivity contribution in [2.45, 2.75) is 32.4 Å². The average molecular weight is 429 g/mol. The van der Waals surface area contributed by atoms with Crippen molar-refractivity contribution in [3.05, 3.63) is 35.4 Å². The number of likely N-dealkylation sites (tertiary alicyclic amines) is 1. The van der Waals surface area contributed by atoms with E-state index in [9.17, 15) is 13.2 Å². The Balaban J connectivity index is 0.000000186. The van der Waals surface area contributed by atoms with E-state index in [0.29, 0.717) is 12.1 Å². The molecule has 0 N–H and O–H groups in total. The van der Waals surface area contributed by atoms with Crippen molar-refractivity contribution < 1.29 is 17.9 Å². The first kappa shape index (κ1) is 22.5. The molecule has 162 valence electrons. The minimum atomic E-state index is -1.00. The van der Waals surface area contributed by atoms with E-state index in [1.54, 1.807) is 25.8 Å². The van der Waals surface area contributed by atoms with Gasteiger partial charge in [-0.1, -0.05) is 18.0 Å². The van der Waals surface area contributed by atoms with Crippen LogP contribution in [0.25, 0.3) is 5.57 Å². The number of piperidine rings is 1. The van der Waals surface area contributed by atoms with Crippen molar-refractivity contribution >= 4 is 17.5 Å². The largest absolute Gasteiger partial charge is 0.491 e. The Bertz CT molecular complexity index is 717. The molecule has 3 nitrogen and oxygen atoms in total. The van der Waals surface area contributed by atoms with Crippen LogP contribution in [-0.4, -0.2) is 61.0 Å². The van der Waals surface area contributed by atoms with Crippen molar-refractivity contribution in [3.63, 3.8) is 0 Å². The van der Waals surface area contributed by atoms with E-state index in [0.717, 1.165) is 50.0 Å². The average Bonchev–Trinajstić information content (AvgIpc) is 3.27. The fraction of sp³-hybridized carbons (Fsp3) is 0.636. The summed E-state index contributed by atoms with van der Waals surface area (Å²) in [7, 11) is 1.26. The number of fused-ring (bicyclic) bond motifs is 1. The van der Waals surface area contributed by atoms with Crippen LogP contribution in [0.3, 0.4) is 0 Å². The topological polar surface area (TPSA) is 15.7 Å². The third-order valence-electron chi connectivity index (χ3n) is 5.66. The smallest absolute Gasteiger partial charge is 0.190 e. The predicted molar refractivity (Wildman–Crippen MR) is 114 cm³/mol. The lowest BCUT2D eigenvalue weighted by molar-refractivity contribution is 0.134. The van der Waals surface area contributed by atoms with Crippen LogP contribution in [0.4, 0.5) is 13.2 Å². The quantitative estimate of drug-likeness (QED) is 0.611. The monoisotopic (exact) mass is 428 g/mol. The summed E-state index contributed by atoms with van der Waals surface area (Å²) in [6, 6.07) is 2.67. The van der Waals surface area contributed by atoms with Crippen LogP contribution < -0.4 is 4.74 Å². The molecule has 0 radical (unpaired) electrons. The van der Waals surface area contributed by atoms with Crippen LogP contribution in [0.15, 0.2) is 18.2 Å². The highest BCUT2D eigenvalue weighted by molar-refractivity contribution is 7.96. The Morgan fingerprint density at radius 3 is 2.24 bits per heavy atom. The van der Waals surface area contributed by atoms with Gasteiger partial charge in [0.1, 0.15) is 5.67 Å². The number of ether oxygens (including phenoxy) is 1. The van der Waals surface area contributed by atoms with Gasteiger partial charge in [-0.15, -0.1) is 0 Å². The molecule has 1 aromatic carbocycles. The van der Waals surface area contributed by atoms with Gasteiger partial charge in [-0.25, -0.2) is 17.5 Å². The first-order chi connectivity index (χ1) is 13.7. The van der Waals surface area contributed by atoms with E-state index in [2.05, 4.69) is 13.9 Å². The number of rotatable bonds is 5. The second kappa shape index (κ2) is 9.31. The molecule has 0 amide bonds. The molecule has 1 saturated heterocycles. The summed E-state index contributed by atoms with van der Waals surface area (Å²) < 4.78 is 47.2. The molecule has 3 aliphatic rings. The molecular weight excluding hydrogens is 397 g/mol. The Kier molecular flexibility index (Phi) is 7.23. The van der Waals surface area contributed by atoms with Crippen molar-refractivity contribution in [1.82, 2.24) is 9.21 Å². The predicted octanol–water partition coefficient (Wildman–Crippen LogP) is 5.03. The molecule has 1 aliphatic carbocycles. The maximum atomic E-state index is 13.6. The summed E-state index contributed by atoms with van der Waals surface area (Å²) in [6.45, 7) is 7.94. The SMILES string of the molecule is CC(C)(F)CN1CC2CC2C1.COc1c(F)cc(C2=CCN(SC)CC2)cc1F. The van der Waals surface area contributed by atoms with Crippen molar-refractivity contribution in [2.24, 2.45) is 11.8 Å². The van der Waals surface area contributed by atoms with E-state index in [-0.39, 0.29) is 5.75 Å². The van der Waals surface area contributed by atoms with E-state index < -0.39 is 17.3 Å². The molecule has 0 bridgehead atoms. The zero-order valence-electron chi connectivity index (χ0n) is 17.7. The fourth-order valence-corrected chi connectivity index (χ4v) is 4.67. The van der Waals surface area contributed by atoms with Crippen molar-refractivity contribution in [3.8, 4) is 5.75 Å². The van der Waals surface area contributed by atoms with Gasteiger partial charge in [0.15, 0.2) is 17.4 Å². The number of methoxy groups -OCH3 is 1. The van der Waals surface area contributed by atoms with Crippen molar-refractivity contribution in [1.29, 1.82) is 0 Å². The molecule has 2 atom stereocenters. The highest BCUT2D eigenvalue weighted by Gasteiger charge is 2.45. The lowest BCUT2D eigenvalue weighted by atomic mass is 10.00. The first-order valence-corrected chi connectivity index (χ1v) is 11.3. The fourth-order valence-electron chi connectivity index (χ4n) is 4.17. The van der Waals surface area contributed by atoms with E-state index in [1.807, 2.05) is 12.3 Å². The highest BCUT2D eigenvalue weighted by atomic mass is 32.2. The van der Waals surface area contributed by atoms with E-state index >= 15 is 0 Å². The number of hydrogen-bond acceptors (Lipinski definition) is 4. The van der Waals surface area contributed by atoms with Crippen LogP contribution in [0.1, 0.15) is 32.3 Å². The number of halogens is 3. The Morgan fingerprint density at radius 1 is 1.17 bits per heavy atom. The molecule has 1 aromatic rings. The summed E-state index contributed by atoms with van der Waals surface area (Å²) in [5, 5.41) is 0. The number of hydrogen-bond donors (Lipinski definition) is 0. The first-order valence-electron chi connectivity index (χ1n) is 10.1. The standard InChI is InChI=1S/C13H15F2NOS.C9H16FN/c1-17-13-11(14)7-10(8-12(13)15)9-3-5-16(18-2)6-4-9;1-9(2,10)6-11-4-7-3-8(7)5-11/h3,7-8H,4-6H2,1-2H3;7-8H,3-6H2,1-2H3. The van der Waals surface area contributed by atoms with Crippen LogP contribution in [0, 0.1) is 23.5 Å².